The molecule has 0 unspecified atom stereocenters. The summed E-state index contributed by atoms with van der Waals surface area (Å²) in [6, 6.07) is 14.4. The van der Waals surface area contributed by atoms with Crippen LogP contribution in [-0.4, -0.2) is 5.11 Å². The highest BCUT2D eigenvalue weighted by atomic mass is 35.5. The number of phenolic OH excluding ortho intramolecular Hbond substituents is 1. The van der Waals surface area contributed by atoms with E-state index < -0.39 is 0 Å². The molecule has 1 N–H and O–H groups in total. The van der Waals surface area contributed by atoms with Crippen molar-refractivity contribution >= 4 is 11.9 Å². The Labute approximate surface area is 92.9 Å². The van der Waals surface area contributed by atoms with Gasteiger partial charge in [0.05, 0.1) is 5.56 Å². The Balaban J connectivity index is 2.61. The molecule has 0 amide bonds. The van der Waals surface area contributed by atoms with Gasteiger partial charge in [-0.15, -0.1) is 0 Å². The molecule has 0 radical (unpaired) electrons. The lowest BCUT2D eigenvalue weighted by molar-refractivity contribution is 0.474. The van der Waals surface area contributed by atoms with Gasteiger partial charge in [-0.3, -0.25) is 0 Å². The van der Waals surface area contributed by atoms with E-state index >= 15 is 0 Å². The third-order valence-corrected chi connectivity index (χ3v) is 2.32. The zero-order valence-electron chi connectivity index (χ0n) is 7.85. The molecule has 0 aliphatic rings. The van der Waals surface area contributed by atoms with Crippen molar-refractivity contribution in [2.24, 2.45) is 0 Å². The first-order valence-electron chi connectivity index (χ1n) is 4.49. The maximum Gasteiger partial charge on any atom is 0.157 e. The summed E-state index contributed by atoms with van der Waals surface area (Å²) in [5.41, 5.74) is 1.47. The van der Waals surface area contributed by atoms with Crippen LogP contribution in [0.3, 0.4) is 0 Å². The zero-order valence-corrected chi connectivity index (χ0v) is 8.61. The Hall–Kier alpha value is -1.67. The third kappa shape index (κ3) is 1.90. The molecule has 15 heavy (non-hydrogen) atoms. The molecular formula is C12H9ClO2. The van der Waals surface area contributed by atoms with E-state index in [2.05, 4.69) is 0 Å². The average Bonchev–Trinajstić information content (AvgIpc) is 2.29. The smallest absolute Gasteiger partial charge is 0.157 e. The Morgan fingerprint density at radius 1 is 0.933 bits per heavy atom. The topological polar surface area (TPSA) is 29.5 Å². The number of halogens is 1. The Morgan fingerprint density at radius 2 is 1.67 bits per heavy atom. The van der Waals surface area contributed by atoms with Crippen molar-refractivity contribution in [3.8, 4) is 22.6 Å². The number of hydrogen-bond donors (Lipinski definition) is 1. The largest absolute Gasteiger partial charge is 0.507 e. The van der Waals surface area contributed by atoms with Crippen LogP contribution in [0.4, 0.5) is 0 Å². The maximum atomic E-state index is 9.74. The highest BCUT2D eigenvalue weighted by molar-refractivity contribution is 6.09. The summed E-state index contributed by atoms with van der Waals surface area (Å²) >= 11 is 5.34. The molecule has 0 atom stereocenters. The molecule has 0 fully saturated rings. The second kappa shape index (κ2) is 4.24. The molecule has 76 valence electrons. The van der Waals surface area contributed by atoms with Crippen LogP contribution >= 0.6 is 11.9 Å². The van der Waals surface area contributed by atoms with Gasteiger partial charge in [0.2, 0.25) is 0 Å². The van der Waals surface area contributed by atoms with E-state index in [1.54, 1.807) is 18.2 Å². The summed E-state index contributed by atoms with van der Waals surface area (Å²) in [5, 5.41) is 9.74. The number of rotatable bonds is 2. The molecular weight excluding hydrogens is 212 g/mol. The van der Waals surface area contributed by atoms with E-state index in [-0.39, 0.29) is 5.75 Å². The van der Waals surface area contributed by atoms with Crippen molar-refractivity contribution in [3.63, 3.8) is 0 Å². The lowest BCUT2D eigenvalue weighted by Gasteiger charge is -2.08. The number of benzene rings is 2. The predicted octanol–water partition coefficient (Wildman–Crippen LogP) is 3.59. The quantitative estimate of drug-likeness (QED) is 0.838. The molecule has 0 aliphatic heterocycles. The SMILES string of the molecule is Oc1cccc(OCl)c1-c1ccccc1. The van der Waals surface area contributed by atoms with Crippen LogP contribution in [0, 0.1) is 0 Å². The van der Waals surface area contributed by atoms with Gasteiger partial charge in [-0.05, 0) is 17.7 Å². The fourth-order valence-electron chi connectivity index (χ4n) is 1.48. The summed E-state index contributed by atoms with van der Waals surface area (Å²) in [6.07, 6.45) is 0. The minimum Gasteiger partial charge on any atom is -0.507 e. The molecule has 0 saturated heterocycles. The molecule has 2 aromatic rings. The van der Waals surface area contributed by atoms with Gasteiger partial charge >= 0.3 is 0 Å². The van der Waals surface area contributed by atoms with Crippen LogP contribution in [0.5, 0.6) is 11.5 Å². The lowest BCUT2D eigenvalue weighted by Crippen LogP contribution is -1.83. The minimum atomic E-state index is 0.152. The van der Waals surface area contributed by atoms with E-state index in [0.29, 0.717) is 11.3 Å². The highest BCUT2D eigenvalue weighted by Gasteiger charge is 2.10. The van der Waals surface area contributed by atoms with Gasteiger partial charge in [0.25, 0.3) is 0 Å². The van der Waals surface area contributed by atoms with E-state index in [9.17, 15) is 5.11 Å². The molecule has 0 saturated carbocycles. The summed E-state index contributed by atoms with van der Waals surface area (Å²) in [7, 11) is 0. The second-order valence-corrected chi connectivity index (χ2v) is 3.25. The number of aromatic hydroxyl groups is 1. The van der Waals surface area contributed by atoms with Crippen molar-refractivity contribution in [2.45, 2.75) is 0 Å². The Kier molecular flexibility index (Phi) is 2.79. The molecule has 0 bridgehead atoms. The van der Waals surface area contributed by atoms with Gasteiger partial charge in [-0.25, -0.2) is 0 Å². The molecule has 2 aromatic carbocycles. The number of phenols is 1. The van der Waals surface area contributed by atoms with Crippen LogP contribution in [-0.2, 0) is 0 Å². The Bertz CT molecular complexity index is 454. The molecule has 2 nitrogen and oxygen atoms in total. The van der Waals surface area contributed by atoms with Gasteiger partial charge in [0, 0.05) is 0 Å². The average molecular weight is 221 g/mol. The van der Waals surface area contributed by atoms with Crippen LogP contribution < -0.4 is 4.29 Å². The van der Waals surface area contributed by atoms with Gasteiger partial charge in [0.1, 0.15) is 17.6 Å². The molecule has 0 spiro atoms. The van der Waals surface area contributed by atoms with Gasteiger partial charge in [-0.2, -0.15) is 0 Å². The molecule has 2 rings (SSSR count). The highest BCUT2D eigenvalue weighted by Crippen LogP contribution is 2.37. The third-order valence-electron chi connectivity index (χ3n) is 2.15. The van der Waals surface area contributed by atoms with Crippen LogP contribution in [0.1, 0.15) is 0 Å². The molecule has 0 aliphatic carbocycles. The van der Waals surface area contributed by atoms with Crippen molar-refractivity contribution in [2.75, 3.05) is 0 Å². The fraction of sp³-hybridized carbons (Fsp3) is 0. The fourth-order valence-corrected chi connectivity index (χ4v) is 1.61. The van der Waals surface area contributed by atoms with Crippen molar-refractivity contribution in [1.82, 2.24) is 0 Å². The first-order valence-corrected chi connectivity index (χ1v) is 4.80. The second-order valence-electron chi connectivity index (χ2n) is 3.09. The molecule has 0 aromatic heterocycles. The van der Waals surface area contributed by atoms with Crippen molar-refractivity contribution < 1.29 is 9.40 Å². The van der Waals surface area contributed by atoms with E-state index in [1.807, 2.05) is 30.3 Å². The van der Waals surface area contributed by atoms with Crippen LogP contribution in [0.2, 0.25) is 0 Å². The summed E-state index contributed by atoms with van der Waals surface area (Å²) < 4.78 is 4.69. The molecule has 3 heteroatoms. The number of hydrogen-bond acceptors (Lipinski definition) is 2. The normalized spacial score (nSPS) is 9.93. The minimum absolute atomic E-state index is 0.152. The van der Waals surface area contributed by atoms with E-state index in [4.69, 9.17) is 16.2 Å². The van der Waals surface area contributed by atoms with Gasteiger partial charge < -0.3 is 9.40 Å². The van der Waals surface area contributed by atoms with Gasteiger partial charge in [-0.1, -0.05) is 36.4 Å². The van der Waals surface area contributed by atoms with E-state index in [1.165, 1.54) is 0 Å². The van der Waals surface area contributed by atoms with Crippen molar-refractivity contribution in [1.29, 1.82) is 0 Å². The first-order chi connectivity index (χ1) is 7.33. The molecule has 0 heterocycles. The van der Waals surface area contributed by atoms with Crippen LogP contribution in [0.25, 0.3) is 11.1 Å². The van der Waals surface area contributed by atoms with Crippen molar-refractivity contribution in [3.05, 3.63) is 48.5 Å². The zero-order chi connectivity index (χ0) is 10.7. The maximum absolute atomic E-state index is 9.74. The monoisotopic (exact) mass is 220 g/mol. The Morgan fingerprint density at radius 3 is 2.33 bits per heavy atom. The summed E-state index contributed by atoms with van der Waals surface area (Å²) in [5.74, 6) is 0.599. The standard InChI is InChI=1S/C12H9ClO2/c13-15-11-8-4-7-10(14)12(11)9-5-2-1-3-6-9/h1-8,14H. The lowest BCUT2D eigenvalue weighted by atomic mass is 10.0. The summed E-state index contributed by atoms with van der Waals surface area (Å²) in [6.45, 7) is 0. The summed E-state index contributed by atoms with van der Waals surface area (Å²) in [4.78, 5) is 0. The first kappa shape index (κ1) is 9.87. The predicted molar refractivity (Wildman–Crippen MR) is 60.0 cm³/mol. The van der Waals surface area contributed by atoms with Crippen LogP contribution in [0.15, 0.2) is 48.5 Å². The van der Waals surface area contributed by atoms with Gasteiger partial charge in [0.15, 0.2) is 5.75 Å². The van der Waals surface area contributed by atoms with E-state index in [0.717, 1.165) is 5.56 Å².